The van der Waals surface area contributed by atoms with Gasteiger partial charge in [-0.15, -0.1) is 0 Å². The first-order chi connectivity index (χ1) is 16.6. The van der Waals surface area contributed by atoms with Crippen LogP contribution in [0.1, 0.15) is 43.0 Å². The van der Waals surface area contributed by atoms with Gasteiger partial charge in [0.25, 0.3) is 0 Å². The fourth-order valence-corrected chi connectivity index (χ4v) is 3.68. The van der Waals surface area contributed by atoms with Crippen molar-refractivity contribution in [2.75, 3.05) is 0 Å². The van der Waals surface area contributed by atoms with Crippen LogP contribution in [-0.2, 0) is 6.42 Å². The van der Waals surface area contributed by atoms with Crippen LogP contribution in [0.5, 0.6) is 11.5 Å². The second-order valence-corrected chi connectivity index (χ2v) is 7.63. The molecule has 0 aliphatic rings. The minimum Gasteiger partial charge on any atom is -0.457 e. The van der Waals surface area contributed by atoms with Gasteiger partial charge in [0.15, 0.2) is 12.6 Å². The Morgan fingerprint density at radius 2 is 1.12 bits per heavy atom. The van der Waals surface area contributed by atoms with E-state index in [-0.39, 0.29) is 0 Å². The van der Waals surface area contributed by atoms with E-state index in [1.807, 2.05) is 30.3 Å². The number of nitriles is 2. The lowest BCUT2D eigenvalue weighted by Gasteiger charge is -2.12. The molecule has 0 N–H and O–H groups in total. The number of carbonyl (C=O) groups is 2. The summed E-state index contributed by atoms with van der Waals surface area (Å²) in [6, 6.07) is 28.8. The average molecular weight is 442 g/mol. The second-order valence-electron chi connectivity index (χ2n) is 7.63. The molecular weight excluding hydrogens is 424 g/mol. The SMILES string of the molecule is N#Cc1ccc(Cc2ccc(-c3ccc(Oc4ccc(C#N)cc4)cc3C=O)c(C=O)c2)cc1. The van der Waals surface area contributed by atoms with Crippen molar-refractivity contribution in [2.45, 2.75) is 6.42 Å². The first-order valence-corrected chi connectivity index (χ1v) is 10.5. The number of benzene rings is 4. The molecule has 0 aromatic heterocycles. The summed E-state index contributed by atoms with van der Waals surface area (Å²) in [5, 5.41) is 17.9. The van der Waals surface area contributed by atoms with E-state index >= 15 is 0 Å². The molecule has 4 aromatic rings. The standard InChI is InChI=1S/C29H18N2O3/c30-16-21-3-1-20(2-4-21)13-23-7-11-28(24(14-23)18-32)29-12-10-27(15-25(29)19-33)34-26-8-5-22(17-31)6-9-26/h1-12,14-15,18-19H,13H2. The number of hydrogen-bond acceptors (Lipinski definition) is 5. The molecule has 0 amide bonds. The van der Waals surface area contributed by atoms with Gasteiger partial charge in [-0.05, 0) is 89.3 Å². The molecule has 4 rings (SSSR count). The Labute approximate surface area is 197 Å². The second kappa shape index (κ2) is 10.1. The number of ether oxygens (including phenoxy) is 1. The molecule has 4 aromatic carbocycles. The van der Waals surface area contributed by atoms with Crippen LogP contribution in [0, 0.1) is 22.7 Å². The zero-order valence-corrected chi connectivity index (χ0v) is 18.1. The summed E-state index contributed by atoms with van der Waals surface area (Å²) in [5.74, 6) is 1.02. The molecule has 0 saturated heterocycles. The first-order valence-electron chi connectivity index (χ1n) is 10.5. The van der Waals surface area contributed by atoms with Crippen molar-refractivity contribution in [2.24, 2.45) is 0 Å². The van der Waals surface area contributed by atoms with Gasteiger partial charge in [0.05, 0.1) is 23.3 Å². The van der Waals surface area contributed by atoms with Crippen LogP contribution < -0.4 is 4.74 Å². The largest absolute Gasteiger partial charge is 0.457 e. The van der Waals surface area contributed by atoms with Gasteiger partial charge in [0.1, 0.15) is 11.5 Å². The van der Waals surface area contributed by atoms with Gasteiger partial charge in [-0.25, -0.2) is 0 Å². The molecule has 0 aliphatic heterocycles. The van der Waals surface area contributed by atoms with Gasteiger partial charge in [0.2, 0.25) is 0 Å². The van der Waals surface area contributed by atoms with E-state index in [2.05, 4.69) is 12.1 Å². The molecule has 0 saturated carbocycles. The number of hydrogen-bond donors (Lipinski definition) is 0. The highest BCUT2D eigenvalue weighted by Crippen LogP contribution is 2.31. The zero-order chi connectivity index (χ0) is 23.9. The topological polar surface area (TPSA) is 90.9 Å². The molecule has 0 bridgehead atoms. The third-order valence-electron chi connectivity index (χ3n) is 5.39. The molecule has 0 fully saturated rings. The maximum Gasteiger partial charge on any atom is 0.150 e. The molecule has 0 spiro atoms. The third kappa shape index (κ3) is 4.91. The van der Waals surface area contributed by atoms with Gasteiger partial charge in [-0.2, -0.15) is 10.5 Å². The van der Waals surface area contributed by atoms with Crippen LogP contribution in [0.25, 0.3) is 11.1 Å². The average Bonchev–Trinajstić information content (AvgIpc) is 2.89. The van der Waals surface area contributed by atoms with E-state index in [1.54, 1.807) is 54.6 Å². The Morgan fingerprint density at radius 3 is 1.71 bits per heavy atom. The minimum absolute atomic E-state index is 0.397. The monoisotopic (exact) mass is 442 g/mol. The molecular formula is C29H18N2O3. The normalized spacial score (nSPS) is 10.1. The highest BCUT2D eigenvalue weighted by atomic mass is 16.5. The molecule has 0 aliphatic carbocycles. The van der Waals surface area contributed by atoms with Crippen LogP contribution in [0.4, 0.5) is 0 Å². The number of nitrogens with zero attached hydrogens (tertiary/aromatic N) is 2. The number of rotatable bonds is 7. The smallest absolute Gasteiger partial charge is 0.150 e. The zero-order valence-electron chi connectivity index (χ0n) is 18.1. The van der Waals surface area contributed by atoms with Crippen molar-refractivity contribution in [3.05, 3.63) is 118 Å². The van der Waals surface area contributed by atoms with E-state index in [9.17, 15) is 9.59 Å². The van der Waals surface area contributed by atoms with E-state index in [0.29, 0.717) is 51.3 Å². The maximum atomic E-state index is 11.9. The summed E-state index contributed by atoms with van der Waals surface area (Å²) in [6.45, 7) is 0. The van der Waals surface area contributed by atoms with Gasteiger partial charge in [0, 0.05) is 11.1 Å². The predicted octanol–water partition coefficient (Wildman–Crippen LogP) is 6.11. The molecule has 34 heavy (non-hydrogen) atoms. The minimum atomic E-state index is 0.397. The Bertz CT molecular complexity index is 1330. The van der Waals surface area contributed by atoms with Crippen molar-refractivity contribution < 1.29 is 14.3 Å². The summed E-state index contributed by atoms with van der Waals surface area (Å²) < 4.78 is 5.81. The molecule has 0 atom stereocenters. The Morgan fingerprint density at radius 1 is 0.618 bits per heavy atom. The highest BCUT2D eigenvalue weighted by Gasteiger charge is 2.12. The lowest BCUT2D eigenvalue weighted by molar-refractivity contribution is 0.111. The van der Waals surface area contributed by atoms with Crippen molar-refractivity contribution in [3.8, 4) is 34.8 Å². The molecule has 0 radical (unpaired) electrons. The van der Waals surface area contributed by atoms with Crippen LogP contribution in [0.3, 0.4) is 0 Å². The van der Waals surface area contributed by atoms with Gasteiger partial charge >= 0.3 is 0 Å². The Balaban J connectivity index is 1.60. The summed E-state index contributed by atoms with van der Waals surface area (Å²) in [5.41, 5.74) is 5.27. The van der Waals surface area contributed by atoms with Crippen molar-refractivity contribution in [1.82, 2.24) is 0 Å². The summed E-state index contributed by atoms with van der Waals surface area (Å²) >= 11 is 0. The van der Waals surface area contributed by atoms with Crippen molar-refractivity contribution in [3.63, 3.8) is 0 Å². The maximum absolute atomic E-state index is 11.9. The first kappa shape index (κ1) is 22.2. The molecule has 0 unspecified atom stereocenters. The summed E-state index contributed by atoms with van der Waals surface area (Å²) in [7, 11) is 0. The van der Waals surface area contributed by atoms with E-state index in [1.165, 1.54) is 0 Å². The fraction of sp³-hybridized carbons (Fsp3) is 0.0345. The third-order valence-corrected chi connectivity index (χ3v) is 5.39. The fourth-order valence-electron chi connectivity index (χ4n) is 3.68. The lowest BCUT2D eigenvalue weighted by atomic mass is 9.93. The number of carbonyl (C=O) groups excluding carboxylic acids is 2. The van der Waals surface area contributed by atoms with Crippen LogP contribution in [-0.4, -0.2) is 12.6 Å². The quantitative estimate of drug-likeness (QED) is 0.322. The van der Waals surface area contributed by atoms with Crippen LogP contribution >= 0.6 is 0 Å². The molecule has 0 heterocycles. The van der Waals surface area contributed by atoms with Crippen molar-refractivity contribution >= 4 is 12.6 Å². The van der Waals surface area contributed by atoms with Crippen LogP contribution in [0.15, 0.2) is 84.9 Å². The van der Waals surface area contributed by atoms with E-state index in [0.717, 1.165) is 23.7 Å². The van der Waals surface area contributed by atoms with Crippen LogP contribution in [0.2, 0.25) is 0 Å². The van der Waals surface area contributed by atoms with Crippen molar-refractivity contribution in [1.29, 1.82) is 10.5 Å². The Kier molecular flexibility index (Phi) is 6.58. The predicted molar refractivity (Wildman–Crippen MR) is 128 cm³/mol. The molecule has 5 nitrogen and oxygen atoms in total. The Hall–Kier alpha value is -5.00. The van der Waals surface area contributed by atoms with Gasteiger partial charge in [-0.1, -0.05) is 24.3 Å². The highest BCUT2D eigenvalue weighted by molar-refractivity contribution is 5.95. The summed E-state index contributed by atoms with van der Waals surface area (Å²) in [6.07, 6.45) is 2.14. The van der Waals surface area contributed by atoms with E-state index in [4.69, 9.17) is 15.3 Å². The molecule has 162 valence electrons. The van der Waals surface area contributed by atoms with Gasteiger partial charge < -0.3 is 4.74 Å². The van der Waals surface area contributed by atoms with Gasteiger partial charge in [-0.3, -0.25) is 9.59 Å². The molecule has 5 heteroatoms. The number of aldehydes is 2. The lowest BCUT2D eigenvalue weighted by Crippen LogP contribution is -1.97. The summed E-state index contributed by atoms with van der Waals surface area (Å²) in [4.78, 5) is 23.7. The van der Waals surface area contributed by atoms with E-state index < -0.39 is 0 Å².